The number of nitrogens with zero attached hydrogens (tertiary/aromatic N) is 2. The summed E-state index contributed by atoms with van der Waals surface area (Å²) in [5, 5.41) is 0. The molecule has 1 atom stereocenters. The van der Waals surface area contributed by atoms with E-state index in [0.717, 1.165) is 11.3 Å². The summed E-state index contributed by atoms with van der Waals surface area (Å²) >= 11 is 0. The first-order valence-corrected chi connectivity index (χ1v) is 7.51. The highest BCUT2D eigenvalue weighted by molar-refractivity contribution is 5.94. The van der Waals surface area contributed by atoms with Gasteiger partial charge >= 0.3 is 0 Å². The highest BCUT2D eigenvalue weighted by atomic mass is 19.1. The molecule has 0 saturated heterocycles. The smallest absolute Gasteiger partial charge is 0.120 e. The molecule has 1 unspecified atom stereocenters. The third-order valence-electron chi connectivity index (χ3n) is 3.18. The molecule has 1 aliphatic rings. The van der Waals surface area contributed by atoms with E-state index in [4.69, 9.17) is 5.73 Å². The lowest BCUT2D eigenvalue weighted by Crippen LogP contribution is -2.07. The Hall–Kier alpha value is -2.49. The highest BCUT2D eigenvalue weighted by Crippen LogP contribution is 2.10. The molecule has 1 rings (SSSR count). The Morgan fingerprint density at radius 1 is 1.48 bits per heavy atom. The van der Waals surface area contributed by atoms with E-state index in [9.17, 15) is 4.39 Å². The van der Waals surface area contributed by atoms with E-state index in [1.165, 1.54) is 6.92 Å². The Morgan fingerprint density at radius 2 is 2.26 bits per heavy atom. The summed E-state index contributed by atoms with van der Waals surface area (Å²) in [7, 11) is 0. The van der Waals surface area contributed by atoms with Crippen LogP contribution in [0.2, 0.25) is 0 Å². The van der Waals surface area contributed by atoms with E-state index in [2.05, 4.69) is 16.6 Å². The van der Waals surface area contributed by atoms with Crippen LogP contribution in [-0.4, -0.2) is 31.2 Å². The lowest BCUT2D eigenvalue weighted by Gasteiger charge is -2.06. The number of hydrogen-bond acceptors (Lipinski definition) is 3. The van der Waals surface area contributed by atoms with Crippen molar-refractivity contribution in [2.75, 3.05) is 13.1 Å². The van der Waals surface area contributed by atoms with Gasteiger partial charge in [0.05, 0.1) is 13.1 Å². The number of aliphatic imine (C=N–C) groups is 2. The standard InChI is InChI=1S/C19H24FN3/c1-4-5-6-9-17(16(3)20)14-23-15(2)12-19(21)18-10-7-8-11-22-13-18/h4-12,16H,1,13-14,21H2,2-3H3/b6-5-,17-9-,19-12?,23-15?. The Kier molecular flexibility index (Phi) is 8.29. The third-order valence-corrected chi connectivity index (χ3v) is 3.18. The molecule has 0 aromatic rings. The van der Waals surface area contributed by atoms with Gasteiger partial charge in [-0.3, -0.25) is 9.98 Å². The molecule has 3 nitrogen and oxygen atoms in total. The molecule has 2 N–H and O–H groups in total. The van der Waals surface area contributed by atoms with Crippen molar-refractivity contribution in [1.29, 1.82) is 0 Å². The molecule has 122 valence electrons. The zero-order chi connectivity index (χ0) is 17.1. The van der Waals surface area contributed by atoms with Gasteiger partial charge in [0, 0.05) is 17.6 Å². The molecule has 0 fully saturated rings. The summed E-state index contributed by atoms with van der Waals surface area (Å²) in [5.41, 5.74) is 9.00. The lowest BCUT2D eigenvalue weighted by atomic mass is 10.1. The molecule has 0 bridgehead atoms. The van der Waals surface area contributed by atoms with Crippen molar-refractivity contribution in [3.05, 3.63) is 72.0 Å². The van der Waals surface area contributed by atoms with Crippen molar-refractivity contribution in [2.24, 2.45) is 15.7 Å². The number of halogens is 1. The number of rotatable bonds is 7. The van der Waals surface area contributed by atoms with Gasteiger partial charge in [0.2, 0.25) is 0 Å². The van der Waals surface area contributed by atoms with E-state index in [1.807, 2.05) is 25.2 Å². The maximum atomic E-state index is 13.6. The van der Waals surface area contributed by atoms with Gasteiger partial charge in [0.15, 0.2) is 0 Å². The summed E-state index contributed by atoms with van der Waals surface area (Å²) in [6, 6.07) is 0. The molecule has 1 aliphatic heterocycles. The molecule has 1 heterocycles. The monoisotopic (exact) mass is 313 g/mol. The van der Waals surface area contributed by atoms with Crippen LogP contribution in [0, 0.1) is 0 Å². The maximum absolute atomic E-state index is 13.6. The van der Waals surface area contributed by atoms with Gasteiger partial charge in [0.1, 0.15) is 6.17 Å². The Morgan fingerprint density at radius 3 is 2.96 bits per heavy atom. The number of nitrogens with two attached hydrogens (primary N) is 1. The maximum Gasteiger partial charge on any atom is 0.120 e. The number of allylic oxidation sites excluding steroid dienone is 8. The van der Waals surface area contributed by atoms with Gasteiger partial charge in [-0.1, -0.05) is 43.0 Å². The summed E-state index contributed by atoms with van der Waals surface area (Å²) in [4.78, 5) is 8.60. The summed E-state index contributed by atoms with van der Waals surface area (Å²) in [6.45, 7) is 7.78. The number of alkyl halides is 1. The molecule has 0 amide bonds. The van der Waals surface area contributed by atoms with E-state index in [-0.39, 0.29) is 0 Å². The average molecular weight is 313 g/mol. The molecule has 0 radical (unpaired) electrons. The molecule has 0 aromatic heterocycles. The van der Waals surface area contributed by atoms with Gasteiger partial charge < -0.3 is 5.73 Å². The Labute approximate surface area is 137 Å². The summed E-state index contributed by atoms with van der Waals surface area (Å²) < 4.78 is 13.6. The quantitative estimate of drug-likeness (QED) is 0.563. The van der Waals surface area contributed by atoms with Crippen molar-refractivity contribution in [2.45, 2.75) is 20.0 Å². The predicted octanol–water partition coefficient (Wildman–Crippen LogP) is 3.88. The molecule has 0 spiro atoms. The van der Waals surface area contributed by atoms with Crippen molar-refractivity contribution >= 4 is 11.9 Å². The van der Waals surface area contributed by atoms with Crippen LogP contribution < -0.4 is 5.73 Å². The lowest BCUT2D eigenvalue weighted by molar-refractivity contribution is 0.408. The van der Waals surface area contributed by atoms with Crippen LogP contribution in [0.4, 0.5) is 4.39 Å². The van der Waals surface area contributed by atoms with Gasteiger partial charge in [-0.15, -0.1) is 0 Å². The second-order valence-electron chi connectivity index (χ2n) is 5.10. The van der Waals surface area contributed by atoms with Crippen LogP contribution in [0.25, 0.3) is 0 Å². The minimum absolute atomic E-state index is 0.297. The Balaban J connectivity index is 2.80. The minimum atomic E-state index is -1.05. The average Bonchev–Trinajstić information content (AvgIpc) is 2.79. The summed E-state index contributed by atoms with van der Waals surface area (Å²) in [5.74, 6) is 0. The SMILES string of the molecule is C=C/C=C\C=C(\CN=C(C)C=C(N)C1=CC=CC=NC1)C(C)F. The fraction of sp³-hybridized carbons (Fsp3) is 0.263. The normalized spacial score (nSPS) is 18.0. The van der Waals surface area contributed by atoms with E-state index in [1.54, 1.807) is 36.6 Å². The zero-order valence-corrected chi connectivity index (χ0v) is 13.7. The molecule has 0 saturated carbocycles. The molecular weight excluding hydrogens is 289 g/mol. The van der Waals surface area contributed by atoms with Crippen LogP contribution in [0.3, 0.4) is 0 Å². The van der Waals surface area contributed by atoms with Crippen LogP contribution in [0.1, 0.15) is 13.8 Å². The topological polar surface area (TPSA) is 50.7 Å². The molecule has 0 aromatic carbocycles. The second kappa shape index (κ2) is 10.3. The van der Waals surface area contributed by atoms with Crippen molar-refractivity contribution in [3.63, 3.8) is 0 Å². The largest absolute Gasteiger partial charge is 0.398 e. The molecule has 0 aliphatic carbocycles. The fourth-order valence-corrected chi connectivity index (χ4v) is 1.82. The van der Waals surface area contributed by atoms with Crippen LogP contribution >= 0.6 is 0 Å². The van der Waals surface area contributed by atoms with Crippen LogP contribution in [-0.2, 0) is 0 Å². The second-order valence-corrected chi connectivity index (χ2v) is 5.10. The van der Waals surface area contributed by atoms with Crippen molar-refractivity contribution in [1.82, 2.24) is 0 Å². The fourth-order valence-electron chi connectivity index (χ4n) is 1.82. The third kappa shape index (κ3) is 7.36. The molecule has 23 heavy (non-hydrogen) atoms. The van der Waals surface area contributed by atoms with E-state index >= 15 is 0 Å². The minimum Gasteiger partial charge on any atom is -0.398 e. The molecule has 4 heteroatoms. The van der Waals surface area contributed by atoms with Gasteiger partial charge in [0.25, 0.3) is 0 Å². The van der Waals surface area contributed by atoms with Gasteiger partial charge in [-0.05, 0) is 37.1 Å². The van der Waals surface area contributed by atoms with E-state index in [0.29, 0.717) is 24.4 Å². The van der Waals surface area contributed by atoms with Crippen LogP contribution in [0.5, 0.6) is 0 Å². The highest BCUT2D eigenvalue weighted by Gasteiger charge is 2.05. The van der Waals surface area contributed by atoms with Crippen molar-refractivity contribution < 1.29 is 4.39 Å². The van der Waals surface area contributed by atoms with Gasteiger partial charge in [-0.2, -0.15) is 0 Å². The van der Waals surface area contributed by atoms with Crippen molar-refractivity contribution in [3.8, 4) is 0 Å². The predicted molar refractivity (Wildman–Crippen MR) is 98.8 cm³/mol. The zero-order valence-electron chi connectivity index (χ0n) is 13.7. The number of hydrogen-bond donors (Lipinski definition) is 1. The first-order chi connectivity index (χ1) is 11.0. The van der Waals surface area contributed by atoms with E-state index < -0.39 is 6.17 Å². The van der Waals surface area contributed by atoms with Crippen LogP contribution in [0.15, 0.2) is 82.0 Å². The first kappa shape index (κ1) is 18.6. The van der Waals surface area contributed by atoms with Gasteiger partial charge in [-0.25, -0.2) is 4.39 Å². The molecular formula is C19H24FN3. The Bertz CT molecular complexity index is 615. The summed E-state index contributed by atoms with van der Waals surface area (Å²) in [6.07, 6.45) is 15.1. The first-order valence-electron chi connectivity index (χ1n) is 7.51.